The van der Waals surface area contributed by atoms with E-state index in [1.807, 2.05) is 0 Å². The predicted molar refractivity (Wildman–Crippen MR) is 77.1 cm³/mol. The lowest BCUT2D eigenvalue weighted by Gasteiger charge is -2.37. The Balaban J connectivity index is 4.40. The van der Waals surface area contributed by atoms with E-state index in [4.69, 9.17) is 9.47 Å². The standard InChI is InChI=1S/C14H32N2O2/c1-7-8-15-13(3)14(4)16(9-10-17-5)12(2)11-18-6/h12-15H,7-11H2,1-6H3. The first-order valence-corrected chi connectivity index (χ1v) is 7.05. The van der Waals surface area contributed by atoms with Gasteiger partial charge in [-0.05, 0) is 33.7 Å². The number of methoxy groups -OCH3 is 2. The molecule has 0 bridgehead atoms. The zero-order chi connectivity index (χ0) is 14.0. The molecule has 0 aliphatic carbocycles. The summed E-state index contributed by atoms with van der Waals surface area (Å²) in [5.41, 5.74) is 0. The Morgan fingerprint density at radius 3 is 2.28 bits per heavy atom. The van der Waals surface area contributed by atoms with Crippen LogP contribution >= 0.6 is 0 Å². The minimum atomic E-state index is 0.408. The van der Waals surface area contributed by atoms with Gasteiger partial charge in [-0.1, -0.05) is 6.92 Å². The van der Waals surface area contributed by atoms with E-state index in [-0.39, 0.29) is 0 Å². The fourth-order valence-electron chi connectivity index (χ4n) is 2.19. The molecule has 4 heteroatoms. The highest BCUT2D eigenvalue weighted by Gasteiger charge is 2.23. The zero-order valence-electron chi connectivity index (χ0n) is 13.0. The third-order valence-electron chi connectivity index (χ3n) is 3.49. The van der Waals surface area contributed by atoms with Crippen LogP contribution < -0.4 is 5.32 Å². The number of nitrogens with zero attached hydrogens (tertiary/aromatic N) is 1. The predicted octanol–water partition coefficient (Wildman–Crippen LogP) is 1.75. The summed E-state index contributed by atoms with van der Waals surface area (Å²) in [6.45, 7) is 12.5. The average Bonchev–Trinajstić information content (AvgIpc) is 2.36. The quantitative estimate of drug-likeness (QED) is 0.613. The van der Waals surface area contributed by atoms with Crippen molar-refractivity contribution in [1.82, 2.24) is 10.2 Å². The van der Waals surface area contributed by atoms with Gasteiger partial charge in [0.1, 0.15) is 0 Å². The minimum absolute atomic E-state index is 0.408. The van der Waals surface area contributed by atoms with Gasteiger partial charge in [0.15, 0.2) is 0 Å². The molecule has 0 spiro atoms. The Labute approximate surface area is 113 Å². The van der Waals surface area contributed by atoms with Gasteiger partial charge in [0.05, 0.1) is 13.2 Å². The topological polar surface area (TPSA) is 33.7 Å². The van der Waals surface area contributed by atoms with Gasteiger partial charge in [0.25, 0.3) is 0 Å². The van der Waals surface area contributed by atoms with E-state index >= 15 is 0 Å². The van der Waals surface area contributed by atoms with Gasteiger partial charge in [-0.3, -0.25) is 4.90 Å². The van der Waals surface area contributed by atoms with Crippen molar-refractivity contribution in [2.24, 2.45) is 0 Å². The molecule has 3 atom stereocenters. The fraction of sp³-hybridized carbons (Fsp3) is 1.00. The molecule has 18 heavy (non-hydrogen) atoms. The number of hydrogen-bond donors (Lipinski definition) is 1. The van der Waals surface area contributed by atoms with Gasteiger partial charge < -0.3 is 14.8 Å². The van der Waals surface area contributed by atoms with Crippen LogP contribution in [0.3, 0.4) is 0 Å². The lowest BCUT2D eigenvalue weighted by atomic mass is 10.1. The highest BCUT2D eigenvalue weighted by Crippen LogP contribution is 2.10. The molecule has 0 aliphatic rings. The Hall–Kier alpha value is -0.160. The molecule has 4 nitrogen and oxygen atoms in total. The molecule has 0 aliphatic heterocycles. The van der Waals surface area contributed by atoms with Crippen molar-refractivity contribution in [1.29, 1.82) is 0 Å². The molecule has 0 fully saturated rings. The van der Waals surface area contributed by atoms with Crippen LogP contribution in [0.25, 0.3) is 0 Å². The second-order valence-corrected chi connectivity index (χ2v) is 5.02. The SMILES string of the molecule is CCCNC(C)C(C)N(CCOC)C(C)COC. The summed E-state index contributed by atoms with van der Waals surface area (Å²) in [6.07, 6.45) is 1.17. The van der Waals surface area contributed by atoms with Gasteiger partial charge >= 0.3 is 0 Å². The first kappa shape index (κ1) is 17.8. The largest absolute Gasteiger partial charge is 0.383 e. The van der Waals surface area contributed by atoms with Crippen LogP contribution in [0.5, 0.6) is 0 Å². The highest BCUT2D eigenvalue weighted by atomic mass is 16.5. The van der Waals surface area contributed by atoms with Gasteiger partial charge in [-0.15, -0.1) is 0 Å². The molecule has 0 aromatic heterocycles. The maximum absolute atomic E-state index is 5.27. The number of nitrogens with one attached hydrogen (secondary N) is 1. The van der Waals surface area contributed by atoms with Crippen molar-refractivity contribution in [3.8, 4) is 0 Å². The first-order chi connectivity index (χ1) is 8.58. The van der Waals surface area contributed by atoms with Gasteiger partial charge in [0, 0.05) is 38.9 Å². The lowest BCUT2D eigenvalue weighted by molar-refractivity contribution is 0.0423. The van der Waals surface area contributed by atoms with Crippen LogP contribution in [0.1, 0.15) is 34.1 Å². The highest BCUT2D eigenvalue weighted by molar-refractivity contribution is 4.81. The summed E-state index contributed by atoms with van der Waals surface area (Å²) in [7, 11) is 3.51. The summed E-state index contributed by atoms with van der Waals surface area (Å²) in [4.78, 5) is 2.46. The summed E-state index contributed by atoms with van der Waals surface area (Å²) in [5, 5.41) is 3.56. The van der Waals surface area contributed by atoms with Crippen LogP contribution in [0, 0.1) is 0 Å². The normalized spacial score (nSPS) is 16.8. The molecule has 0 rings (SSSR count). The van der Waals surface area contributed by atoms with Gasteiger partial charge in [-0.25, -0.2) is 0 Å². The van der Waals surface area contributed by atoms with E-state index in [0.717, 1.165) is 26.3 Å². The van der Waals surface area contributed by atoms with Crippen LogP contribution in [0.4, 0.5) is 0 Å². The molecule has 1 N–H and O–H groups in total. The number of hydrogen-bond acceptors (Lipinski definition) is 4. The number of rotatable bonds is 11. The van der Waals surface area contributed by atoms with Crippen molar-refractivity contribution in [3.63, 3.8) is 0 Å². The van der Waals surface area contributed by atoms with E-state index in [1.165, 1.54) is 6.42 Å². The molecule has 0 aromatic rings. The van der Waals surface area contributed by atoms with Crippen LogP contribution in [-0.2, 0) is 9.47 Å². The van der Waals surface area contributed by atoms with Gasteiger partial charge in [0.2, 0.25) is 0 Å². The molecule has 3 unspecified atom stereocenters. The molecule has 0 saturated heterocycles. The Kier molecular flexibility index (Phi) is 10.6. The fourth-order valence-corrected chi connectivity index (χ4v) is 2.19. The smallest absolute Gasteiger partial charge is 0.0615 e. The second kappa shape index (κ2) is 10.7. The monoisotopic (exact) mass is 260 g/mol. The van der Waals surface area contributed by atoms with Gasteiger partial charge in [-0.2, -0.15) is 0 Å². The second-order valence-electron chi connectivity index (χ2n) is 5.02. The summed E-state index contributed by atoms with van der Waals surface area (Å²) < 4.78 is 10.5. The van der Waals surface area contributed by atoms with E-state index < -0.39 is 0 Å². The third-order valence-corrected chi connectivity index (χ3v) is 3.49. The van der Waals surface area contributed by atoms with E-state index in [2.05, 4.69) is 37.9 Å². The molecular formula is C14H32N2O2. The van der Waals surface area contributed by atoms with Crippen molar-refractivity contribution in [2.45, 2.75) is 52.2 Å². The molecular weight excluding hydrogens is 228 g/mol. The maximum Gasteiger partial charge on any atom is 0.0615 e. The zero-order valence-corrected chi connectivity index (χ0v) is 13.0. The van der Waals surface area contributed by atoms with E-state index in [0.29, 0.717) is 18.1 Å². The van der Waals surface area contributed by atoms with Crippen molar-refractivity contribution >= 4 is 0 Å². The van der Waals surface area contributed by atoms with Crippen LogP contribution in [0.15, 0.2) is 0 Å². The molecule has 0 aromatic carbocycles. The summed E-state index contributed by atoms with van der Waals surface area (Å²) >= 11 is 0. The first-order valence-electron chi connectivity index (χ1n) is 7.05. The Morgan fingerprint density at radius 1 is 1.11 bits per heavy atom. The van der Waals surface area contributed by atoms with Crippen molar-refractivity contribution < 1.29 is 9.47 Å². The van der Waals surface area contributed by atoms with Crippen LogP contribution in [-0.4, -0.2) is 63.5 Å². The molecule has 0 radical (unpaired) electrons. The lowest BCUT2D eigenvalue weighted by Crippen LogP contribution is -2.52. The molecule has 0 saturated carbocycles. The molecule has 0 amide bonds. The van der Waals surface area contributed by atoms with Crippen molar-refractivity contribution in [2.75, 3.05) is 40.5 Å². The molecule has 0 heterocycles. The minimum Gasteiger partial charge on any atom is -0.383 e. The number of ether oxygens (including phenoxy) is 2. The Morgan fingerprint density at radius 2 is 1.78 bits per heavy atom. The van der Waals surface area contributed by atoms with E-state index in [1.54, 1.807) is 14.2 Å². The Bertz CT molecular complexity index is 191. The maximum atomic E-state index is 5.27. The summed E-state index contributed by atoms with van der Waals surface area (Å²) in [6, 6.07) is 1.35. The van der Waals surface area contributed by atoms with E-state index in [9.17, 15) is 0 Å². The average molecular weight is 260 g/mol. The molecule has 110 valence electrons. The summed E-state index contributed by atoms with van der Waals surface area (Å²) in [5.74, 6) is 0. The van der Waals surface area contributed by atoms with Crippen LogP contribution in [0.2, 0.25) is 0 Å². The van der Waals surface area contributed by atoms with Crippen molar-refractivity contribution in [3.05, 3.63) is 0 Å². The third kappa shape index (κ3) is 6.69.